The lowest BCUT2D eigenvalue weighted by Gasteiger charge is -2.49. The van der Waals surface area contributed by atoms with Crippen molar-refractivity contribution in [1.29, 1.82) is 0 Å². The molecule has 2 fully saturated rings. The van der Waals surface area contributed by atoms with Gasteiger partial charge in [-0.15, -0.1) is 0 Å². The molecule has 1 aromatic carbocycles. The summed E-state index contributed by atoms with van der Waals surface area (Å²) in [5.74, 6) is 0.456. The molecule has 1 heterocycles. The van der Waals surface area contributed by atoms with E-state index in [4.69, 9.17) is 0 Å². The molecule has 3 rings (SSSR count). The third-order valence-corrected chi connectivity index (χ3v) is 4.26. The molecular formula is C15H20N2O2. The monoisotopic (exact) mass is 260 g/mol. The van der Waals surface area contributed by atoms with Gasteiger partial charge in [0, 0.05) is 18.8 Å². The van der Waals surface area contributed by atoms with E-state index in [0.29, 0.717) is 19.0 Å². The van der Waals surface area contributed by atoms with Crippen molar-refractivity contribution in [2.45, 2.75) is 31.4 Å². The summed E-state index contributed by atoms with van der Waals surface area (Å²) in [7, 11) is 0. The average molecular weight is 260 g/mol. The second-order valence-corrected chi connectivity index (χ2v) is 5.81. The van der Waals surface area contributed by atoms with Crippen molar-refractivity contribution in [2.75, 3.05) is 18.4 Å². The minimum Gasteiger partial charge on any atom is -0.387 e. The minimum absolute atomic E-state index is 0.0101. The summed E-state index contributed by atoms with van der Waals surface area (Å²) < 4.78 is 0. The van der Waals surface area contributed by atoms with Crippen LogP contribution in [0.4, 0.5) is 5.69 Å². The molecule has 0 bridgehead atoms. The second kappa shape index (κ2) is 4.62. The zero-order chi connectivity index (χ0) is 13.5. The molecule has 1 aliphatic heterocycles. The van der Waals surface area contributed by atoms with Gasteiger partial charge in [0.05, 0.1) is 11.6 Å². The SMILES string of the molecule is CC(C(=O)Nc1ccccc1)N1CC(O)(C2CC2)C1. The van der Waals surface area contributed by atoms with Gasteiger partial charge in [-0.3, -0.25) is 9.69 Å². The molecule has 1 aromatic rings. The topological polar surface area (TPSA) is 52.6 Å². The van der Waals surface area contributed by atoms with Crippen LogP contribution in [-0.2, 0) is 4.79 Å². The quantitative estimate of drug-likeness (QED) is 0.862. The Bertz CT molecular complexity index is 464. The standard InChI is InChI=1S/C15H20N2O2/c1-11(14(18)16-13-5-3-2-4-6-13)17-9-15(19,10-17)12-7-8-12/h2-6,11-12,19H,7-10H2,1H3,(H,16,18). The fourth-order valence-corrected chi connectivity index (χ4v) is 2.74. The third-order valence-electron chi connectivity index (χ3n) is 4.26. The first kappa shape index (κ1) is 12.6. The molecule has 1 unspecified atom stereocenters. The first-order valence-corrected chi connectivity index (χ1v) is 6.91. The molecule has 4 nitrogen and oxygen atoms in total. The Balaban J connectivity index is 1.53. The number of aliphatic hydroxyl groups is 1. The largest absolute Gasteiger partial charge is 0.387 e. The van der Waals surface area contributed by atoms with Crippen LogP contribution in [0.15, 0.2) is 30.3 Å². The predicted molar refractivity (Wildman–Crippen MR) is 73.8 cm³/mol. The molecule has 4 heteroatoms. The van der Waals surface area contributed by atoms with Gasteiger partial charge in [-0.25, -0.2) is 0 Å². The maximum absolute atomic E-state index is 12.1. The summed E-state index contributed by atoms with van der Waals surface area (Å²) in [6.45, 7) is 3.15. The van der Waals surface area contributed by atoms with Crippen LogP contribution >= 0.6 is 0 Å². The Kier molecular flexibility index (Phi) is 3.07. The molecule has 19 heavy (non-hydrogen) atoms. The highest BCUT2D eigenvalue weighted by Crippen LogP contribution is 2.44. The van der Waals surface area contributed by atoms with Crippen LogP contribution in [0.25, 0.3) is 0 Å². The van der Waals surface area contributed by atoms with Crippen LogP contribution < -0.4 is 5.32 Å². The maximum Gasteiger partial charge on any atom is 0.241 e. The van der Waals surface area contributed by atoms with E-state index in [-0.39, 0.29) is 11.9 Å². The Hall–Kier alpha value is -1.39. The van der Waals surface area contributed by atoms with E-state index in [1.807, 2.05) is 42.2 Å². The van der Waals surface area contributed by atoms with Crippen molar-refractivity contribution in [3.63, 3.8) is 0 Å². The summed E-state index contributed by atoms with van der Waals surface area (Å²) in [5, 5.41) is 13.2. The summed E-state index contributed by atoms with van der Waals surface area (Å²) in [6, 6.07) is 9.28. The number of carbonyl (C=O) groups excluding carboxylic acids is 1. The van der Waals surface area contributed by atoms with Crippen LogP contribution in [0.5, 0.6) is 0 Å². The van der Waals surface area contributed by atoms with Gasteiger partial charge in [0.2, 0.25) is 5.91 Å². The van der Waals surface area contributed by atoms with Crippen LogP contribution in [0, 0.1) is 5.92 Å². The molecule has 1 saturated heterocycles. The number of β-amino-alcohol motifs (C(OH)–C–C–N with tert-alkyl or cyclic N) is 1. The molecule has 2 N–H and O–H groups in total. The van der Waals surface area contributed by atoms with E-state index in [2.05, 4.69) is 5.32 Å². The molecule has 102 valence electrons. The second-order valence-electron chi connectivity index (χ2n) is 5.81. The number of amides is 1. The zero-order valence-corrected chi connectivity index (χ0v) is 11.2. The van der Waals surface area contributed by atoms with Gasteiger partial charge in [0.25, 0.3) is 0 Å². The maximum atomic E-state index is 12.1. The van der Waals surface area contributed by atoms with E-state index in [1.54, 1.807) is 0 Å². The number of hydrogen-bond donors (Lipinski definition) is 2. The lowest BCUT2D eigenvalue weighted by Crippen LogP contribution is -2.67. The molecule has 1 atom stereocenters. The lowest BCUT2D eigenvalue weighted by atomic mass is 9.87. The molecule has 1 saturated carbocycles. The third kappa shape index (κ3) is 2.51. The van der Waals surface area contributed by atoms with Gasteiger partial charge in [0.15, 0.2) is 0 Å². The number of likely N-dealkylation sites (tertiary alicyclic amines) is 1. The van der Waals surface area contributed by atoms with Crippen molar-refractivity contribution in [1.82, 2.24) is 4.90 Å². The molecule has 0 spiro atoms. The van der Waals surface area contributed by atoms with Gasteiger partial charge in [0.1, 0.15) is 0 Å². The van der Waals surface area contributed by atoms with E-state index in [0.717, 1.165) is 18.5 Å². The van der Waals surface area contributed by atoms with Gasteiger partial charge in [-0.2, -0.15) is 0 Å². The van der Waals surface area contributed by atoms with Gasteiger partial charge in [-0.05, 0) is 37.8 Å². The molecule has 2 aliphatic rings. The number of carbonyl (C=O) groups is 1. The van der Waals surface area contributed by atoms with Crippen molar-refractivity contribution in [3.8, 4) is 0 Å². The smallest absolute Gasteiger partial charge is 0.241 e. The Morgan fingerprint density at radius 1 is 1.37 bits per heavy atom. The Labute approximate surface area is 113 Å². The Morgan fingerprint density at radius 2 is 2.00 bits per heavy atom. The first-order chi connectivity index (χ1) is 9.08. The number of hydrogen-bond acceptors (Lipinski definition) is 3. The van der Waals surface area contributed by atoms with Crippen molar-refractivity contribution >= 4 is 11.6 Å². The molecular weight excluding hydrogens is 240 g/mol. The fourth-order valence-electron chi connectivity index (χ4n) is 2.74. The number of nitrogens with zero attached hydrogens (tertiary/aromatic N) is 1. The van der Waals surface area contributed by atoms with Crippen molar-refractivity contribution < 1.29 is 9.90 Å². The first-order valence-electron chi connectivity index (χ1n) is 6.91. The van der Waals surface area contributed by atoms with Crippen LogP contribution in [0.1, 0.15) is 19.8 Å². The average Bonchev–Trinajstić information content (AvgIpc) is 3.20. The van der Waals surface area contributed by atoms with E-state index < -0.39 is 5.60 Å². The number of para-hydroxylation sites is 1. The van der Waals surface area contributed by atoms with Crippen LogP contribution in [0.3, 0.4) is 0 Å². The number of nitrogens with one attached hydrogen (secondary N) is 1. The van der Waals surface area contributed by atoms with Gasteiger partial charge in [-0.1, -0.05) is 18.2 Å². The van der Waals surface area contributed by atoms with Crippen molar-refractivity contribution in [3.05, 3.63) is 30.3 Å². The predicted octanol–water partition coefficient (Wildman–Crippen LogP) is 1.47. The highest BCUT2D eigenvalue weighted by atomic mass is 16.3. The molecule has 1 aliphatic carbocycles. The van der Waals surface area contributed by atoms with E-state index in [1.165, 1.54) is 0 Å². The van der Waals surface area contributed by atoms with E-state index in [9.17, 15) is 9.90 Å². The summed E-state index contributed by atoms with van der Waals surface area (Å²) in [6.07, 6.45) is 2.27. The van der Waals surface area contributed by atoms with Crippen molar-refractivity contribution in [2.24, 2.45) is 5.92 Å². The number of rotatable bonds is 4. The Morgan fingerprint density at radius 3 is 2.58 bits per heavy atom. The van der Waals surface area contributed by atoms with Crippen LogP contribution in [0.2, 0.25) is 0 Å². The van der Waals surface area contributed by atoms with E-state index >= 15 is 0 Å². The fraction of sp³-hybridized carbons (Fsp3) is 0.533. The van der Waals surface area contributed by atoms with Crippen LogP contribution in [-0.4, -0.2) is 40.6 Å². The highest BCUT2D eigenvalue weighted by molar-refractivity contribution is 5.94. The molecule has 0 radical (unpaired) electrons. The van der Waals surface area contributed by atoms with Gasteiger partial charge < -0.3 is 10.4 Å². The minimum atomic E-state index is -0.527. The lowest BCUT2D eigenvalue weighted by molar-refractivity contribution is -0.143. The summed E-state index contributed by atoms with van der Waals surface area (Å²) >= 11 is 0. The normalized spacial score (nSPS) is 23.5. The number of benzene rings is 1. The summed E-state index contributed by atoms with van der Waals surface area (Å²) in [5.41, 5.74) is 0.290. The molecule has 1 amide bonds. The zero-order valence-electron chi connectivity index (χ0n) is 11.2. The summed E-state index contributed by atoms with van der Waals surface area (Å²) in [4.78, 5) is 14.1. The van der Waals surface area contributed by atoms with Gasteiger partial charge >= 0.3 is 0 Å². The highest BCUT2D eigenvalue weighted by Gasteiger charge is 2.53. The molecule has 0 aromatic heterocycles. The number of anilines is 1.